The predicted molar refractivity (Wildman–Crippen MR) is 141 cm³/mol. The van der Waals surface area contributed by atoms with Gasteiger partial charge in [0.15, 0.2) is 0 Å². The van der Waals surface area contributed by atoms with Crippen molar-refractivity contribution in [2.75, 3.05) is 39.9 Å². The van der Waals surface area contributed by atoms with Crippen molar-refractivity contribution >= 4 is 22.9 Å². The number of ether oxygens (including phenoxy) is 2. The van der Waals surface area contributed by atoms with E-state index in [2.05, 4.69) is 22.1 Å². The number of carbonyl (C=O) groups excluding carboxylic acids is 2. The van der Waals surface area contributed by atoms with E-state index in [1.165, 1.54) is 6.07 Å². The maximum absolute atomic E-state index is 15.0. The lowest BCUT2D eigenvalue weighted by Crippen LogP contribution is -2.50. The van der Waals surface area contributed by atoms with Crippen LogP contribution in [0, 0.1) is 18.7 Å². The lowest BCUT2D eigenvalue weighted by Gasteiger charge is -2.36. The number of methoxy groups -OCH3 is 1. The number of rotatable bonds is 7. The van der Waals surface area contributed by atoms with E-state index in [0.717, 1.165) is 35.9 Å². The molecule has 0 aliphatic carbocycles. The minimum atomic E-state index is -0.602. The summed E-state index contributed by atoms with van der Waals surface area (Å²) in [5, 5.41) is 7.07. The summed E-state index contributed by atoms with van der Waals surface area (Å²) >= 11 is 0. The summed E-state index contributed by atoms with van der Waals surface area (Å²) in [4.78, 5) is 28.0. The first-order valence-corrected chi connectivity index (χ1v) is 13.4. The fraction of sp³-hybridized carbons (Fsp3) is 0.643. The first-order valence-electron chi connectivity index (χ1n) is 13.4. The number of likely N-dealkylation sites (tertiary alicyclic amines) is 1. The number of piperidine rings is 1. The van der Waals surface area contributed by atoms with E-state index in [-0.39, 0.29) is 29.6 Å². The third-order valence-electron chi connectivity index (χ3n) is 7.42. The molecule has 2 aromatic rings. The molecule has 8 nitrogen and oxygen atoms in total. The van der Waals surface area contributed by atoms with Crippen LogP contribution in [0.2, 0.25) is 0 Å². The second-order valence-electron chi connectivity index (χ2n) is 11.3. The van der Waals surface area contributed by atoms with E-state index in [9.17, 15) is 9.59 Å². The summed E-state index contributed by atoms with van der Waals surface area (Å²) in [5.41, 5.74) is 2.23. The number of nitrogens with one attached hydrogen (secondary N) is 2. The first kappa shape index (κ1) is 27.4. The zero-order chi connectivity index (χ0) is 26.7. The summed E-state index contributed by atoms with van der Waals surface area (Å²) in [7, 11) is 1.67. The first-order chi connectivity index (χ1) is 17.6. The number of alkyl carbamates (subject to hydrolysis) is 1. The largest absolute Gasteiger partial charge is 0.444 e. The number of nitrogens with zero attached hydrogens (tertiary/aromatic N) is 2. The highest BCUT2D eigenvalue weighted by atomic mass is 19.1. The number of amides is 2. The van der Waals surface area contributed by atoms with Crippen molar-refractivity contribution in [3.63, 3.8) is 0 Å². The van der Waals surface area contributed by atoms with E-state index < -0.39 is 11.7 Å². The SMILES string of the molecule is COCCCn1c(C2CCCN(C(=O)[C@@H]3CNC[C@H]3NC(=O)OC(C)(C)C)C2)c(C)c2cccc(F)c21. The molecular formula is C28H41FN4O4. The number of para-hydroxylation sites is 1. The second-order valence-corrected chi connectivity index (χ2v) is 11.3. The van der Waals surface area contributed by atoms with Gasteiger partial charge in [-0.05, 0) is 58.6 Å². The second kappa shape index (κ2) is 11.4. The van der Waals surface area contributed by atoms with Crippen molar-refractivity contribution in [2.45, 2.75) is 71.1 Å². The molecule has 2 amide bonds. The zero-order valence-corrected chi connectivity index (χ0v) is 22.7. The molecule has 1 unspecified atom stereocenters. The van der Waals surface area contributed by atoms with E-state index in [1.807, 2.05) is 31.7 Å². The van der Waals surface area contributed by atoms with Gasteiger partial charge >= 0.3 is 6.09 Å². The van der Waals surface area contributed by atoms with Crippen LogP contribution in [-0.4, -0.2) is 73.0 Å². The third-order valence-corrected chi connectivity index (χ3v) is 7.42. The highest BCUT2D eigenvalue weighted by Gasteiger charge is 2.39. The van der Waals surface area contributed by atoms with Crippen LogP contribution in [0.4, 0.5) is 9.18 Å². The maximum atomic E-state index is 15.0. The van der Waals surface area contributed by atoms with Crippen LogP contribution in [0.25, 0.3) is 10.9 Å². The Bertz CT molecular complexity index is 1130. The average Bonchev–Trinajstić information content (AvgIpc) is 3.40. The van der Waals surface area contributed by atoms with E-state index in [4.69, 9.17) is 9.47 Å². The van der Waals surface area contributed by atoms with Gasteiger partial charge in [0.25, 0.3) is 0 Å². The molecule has 2 aliphatic rings. The van der Waals surface area contributed by atoms with E-state index >= 15 is 4.39 Å². The molecule has 9 heteroatoms. The molecule has 0 bridgehead atoms. The summed E-state index contributed by atoms with van der Waals surface area (Å²) in [6.07, 6.45) is 2.09. The highest BCUT2D eigenvalue weighted by Crippen LogP contribution is 2.37. The van der Waals surface area contributed by atoms with Crippen LogP contribution >= 0.6 is 0 Å². The van der Waals surface area contributed by atoms with Crippen LogP contribution in [0.3, 0.4) is 0 Å². The number of fused-ring (bicyclic) bond motifs is 1. The molecule has 0 spiro atoms. The maximum Gasteiger partial charge on any atom is 0.407 e. The lowest BCUT2D eigenvalue weighted by atomic mass is 9.90. The van der Waals surface area contributed by atoms with Gasteiger partial charge in [-0.25, -0.2) is 9.18 Å². The van der Waals surface area contributed by atoms with Gasteiger partial charge in [-0.3, -0.25) is 4.79 Å². The van der Waals surface area contributed by atoms with Crippen molar-refractivity contribution in [1.82, 2.24) is 20.1 Å². The Labute approximate surface area is 218 Å². The highest BCUT2D eigenvalue weighted by molar-refractivity contribution is 5.86. The van der Waals surface area contributed by atoms with Crippen molar-refractivity contribution in [1.29, 1.82) is 0 Å². The number of hydrogen-bond acceptors (Lipinski definition) is 5. The van der Waals surface area contributed by atoms with Crippen molar-refractivity contribution in [3.05, 3.63) is 35.3 Å². The van der Waals surface area contributed by atoms with Gasteiger partial charge in [-0.1, -0.05) is 12.1 Å². The Morgan fingerprint density at radius 2 is 2.03 bits per heavy atom. The number of halogens is 1. The summed E-state index contributed by atoms with van der Waals surface area (Å²) in [6, 6.07) is 4.93. The van der Waals surface area contributed by atoms with Crippen LogP contribution in [-0.2, 0) is 20.8 Å². The van der Waals surface area contributed by atoms with Gasteiger partial charge in [0, 0.05) is 63.4 Å². The predicted octanol–water partition coefficient (Wildman–Crippen LogP) is 3.94. The molecule has 0 radical (unpaired) electrons. The van der Waals surface area contributed by atoms with Crippen LogP contribution in [0.5, 0.6) is 0 Å². The minimum Gasteiger partial charge on any atom is -0.444 e. The fourth-order valence-electron chi connectivity index (χ4n) is 5.86. The van der Waals surface area contributed by atoms with Gasteiger partial charge < -0.3 is 29.6 Å². The molecule has 3 heterocycles. The molecule has 2 N–H and O–H groups in total. The average molecular weight is 517 g/mol. The third kappa shape index (κ3) is 6.09. The van der Waals surface area contributed by atoms with Gasteiger partial charge in [0.05, 0.1) is 17.5 Å². The molecule has 204 valence electrons. The number of carbonyl (C=O) groups is 2. The molecule has 2 fully saturated rings. The van der Waals surface area contributed by atoms with Crippen molar-refractivity contribution < 1.29 is 23.5 Å². The smallest absolute Gasteiger partial charge is 0.407 e. The van der Waals surface area contributed by atoms with E-state index in [1.54, 1.807) is 13.2 Å². The van der Waals surface area contributed by atoms with Gasteiger partial charge in [-0.2, -0.15) is 0 Å². The summed E-state index contributed by atoms with van der Waals surface area (Å²) < 4.78 is 27.8. The molecule has 2 aliphatic heterocycles. The number of aromatic nitrogens is 1. The molecule has 3 atom stereocenters. The molecule has 0 saturated carbocycles. The van der Waals surface area contributed by atoms with Gasteiger partial charge in [0.2, 0.25) is 5.91 Å². The topological polar surface area (TPSA) is 84.8 Å². The lowest BCUT2D eigenvalue weighted by molar-refractivity contribution is -0.136. The molecule has 1 aromatic carbocycles. The quantitative estimate of drug-likeness (QED) is 0.545. The van der Waals surface area contributed by atoms with Crippen LogP contribution in [0.1, 0.15) is 57.2 Å². The minimum absolute atomic E-state index is 0.0432. The Morgan fingerprint density at radius 1 is 1.24 bits per heavy atom. The number of hydrogen-bond donors (Lipinski definition) is 2. The van der Waals surface area contributed by atoms with E-state index in [0.29, 0.717) is 44.8 Å². The van der Waals surface area contributed by atoms with Crippen molar-refractivity contribution in [2.24, 2.45) is 5.92 Å². The molecule has 4 rings (SSSR count). The molecule has 1 aromatic heterocycles. The normalized spacial score (nSPS) is 22.4. The van der Waals surface area contributed by atoms with Crippen LogP contribution < -0.4 is 10.6 Å². The Balaban J connectivity index is 1.54. The number of benzene rings is 1. The molecule has 2 saturated heterocycles. The monoisotopic (exact) mass is 516 g/mol. The van der Waals surface area contributed by atoms with Gasteiger partial charge in [-0.15, -0.1) is 0 Å². The summed E-state index contributed by atoms with van der Waals surface area (Å²) in [5.74, 6) is -0.418. The Morgan fingerprint density at radius 3 is 2.76 bits per heavy atom. The molecular weight excluding hydrogens is 475 g/mol. The van der Waals surface area contributed by atoms with Gasteiger partial charge in [0.1, 0.15) is 11.4 Å². The Hall–Kier alpha value is -2.65. The standard InChI is InChI=1S/C28H41FN4O4/c1-18-20-10-6-11-22(29)25(20)33(13-8-14-36-5)24(18)19-9-7-12-32(17-19)26(34)21-15-30-16-23(21)31-27(35)37-28(2,3)4/h6,10-11,19,21,23,30H,7-9,12-17H2,1-5H3,(H,31,35)/t19?,21-,23-/m1/s1. The fourth-order valence-corrected chi connectivity index (χ4v) is 5.86. The van der Waals surface area contributed by atoms with Crippen molar-refractivity contribution in [3.8, 4) is 0 Å². The zero-order valence-electron chi connectivity index (χ0n) is 22.7. The summed E-state index contributed by atoms with van der Waals surface area (Å²) in [6.45, 7) is 11.1. The number of aryl methyl sites for hydroxylation is 2. The molecule has 37 heavy (non-hydrogen) atoms. The van der Waals surface area contributed by atoms with Crippen LogP contribution in [0.15, 0.2) is 18.2 Å². The Kier molecular flexibility index (Phi) is 8.43.